The number of rotatable bonds is 8. The monoisotopic (exact) mass is 329 g/mol. The molecule has 128 valence electrons. The molecule has 0 saturated carbocycles. The van der Waals surface area contributed by atoms with Crippen LogP contribution in [0, 0.1) is 0 Å². The van der Waals surface area contributed by atoms with Gasteiger partial charge in [-0.15, -0.1) is 0 Å². The van der Waals surface area contributed by atoms with Crippen molar-refractivity contribution in [3.8, 4) is 11.5 Å². The molecule has 24 heavy (non-hydrogen) atoms. The quantitative estimate of drug-likeness (QED) is 0.780. The predicted octanol–water partition coefficient (Wildman–Crippen LogP) is 2.64. The molecule has 2 atom stereocenters. The Bertz CT molecular complexity index is 647. The van der Waals surface area contributed by atoms with Crippen molar-refractivity contribution in [1.82, 2.24) is 5.32 Å². The highest BCUT2D eigenvalue weighted by Gasteiger charge is 2.13. The second-order valence-corrected chi connectivity index (χ2v) is 5.90. The summed E-state index contributed by atoms with van der Waals surface area (Å²) in [4.78, 5) is 0. The lowest BCUT2D eigenvalue weighted by Crippen LogP contribution is -2.32. The normalized spacial score (nSPS) is 15.2. The standard InChI is InChI=1S/C19H23NO4/c1-14(16-5-3-2-4-6-16)20-10-17(21)12-22-11-15-7-8-18-19(9-15)24-13-23-18/h2-9,14,17,20-21H,10-13H2,1H3/t14-,17-/m1/s1. The fourth-order valence-electron chi connectivity index (χ4n) is 2.57. The van der Waals surface area contributed by atoms with Crippen LogP contribution in [0.2, 0.25) is 0 Å². The van der Waals surface area contributed by atoms with Crippen LogP contribution >= 0.6 is 0 Å². The van der Waals surface area contributed by atoms with Gasteiger partial charge in [-0.3, -0.25) is 0 Å². The second-order valence-electron chi connectivity index (χ2n) is 5.90. The molecule has 2 aromatic rings. The molecule has 0 unspecified atom stereocenters. The van der Waals surface area contributed by atoms with Crippen LogP contribution in [0.4, 0.5) is 0 Å². The lowest BCUT2D eigenvalue weighted by molar-refractivity contribution is 0.0278. The van der Waals surface area contributed by atoms with Crippen LogP contribution < -0.4 is 14.8 Å². The maximum atomic E-state index is 10.0. The van der Waals surface area contributed by atoms with Gasteiger partial charge < -0.3 is 24.6 Å². The van der Waals surface area contributed by atoms with E-state index in [1.807, 2.05) is 36.4 Å². The zero-order chi connectivity index (χ0) is 16.8. The van der Waals surface area contributed by atoms with E-state index >= 15 is 0 Å². The fraction of sp³-hybridized carbons (Fsp3) is 0.368. The van der Waals surface area contributed by atoms with Crippen LogP contribution in [-0.4, -0.2) is 31.2 Å². The van der Waals surface area contributed by atoms with Gasteiger partial charge in [-0.2, -0.15) is 0 Å². The number of fused-ring (bicyclic) bond motifs is 1. The first-order valence-electron chi connectivity index (χ1n) is 8.15. The second kappa shape index (κ2) is 8.15. The Kier molecular flexibility index (Phi) is 5.69. The first kappa shape index (κ1) is 16.8. The number of aliphatic hydroxyl groups excluding tert-OH is 1. The number of hydrogen-bond acceptors (Lipinski definition) is 5. The van der Waals surface area contributed by atoms with Gasteiger partial charge >= 0.3 is 0 Å². The fourth-order valence-corrected chi connectivity index (χ4v) is 2.57. The van der Waals surface area contributed by atoms with Gasteiger partial charge in [-0.05, 0) is 30.2 Å². The third-order valence-corrected chi connectivity index (χ3v) is 3.98. The minimum absolute atomic E-state index is 0.190. The first-order chi connectivity index (χ1) is 11.7. The SMILES string of the molecule is C[C@@H](NC[C@@H](O)COCc1ccc2c(c1)OCO2)c1ccccc1. The molecular formula is C19H23NO4. The van der Waals surface area contributed by atoms with Crippen LogP contribution in [-0.2, 0) is 11.3 Å². The highest BCUT2D eigenvalue weighted by Crippen LogP contribution is 2.32. The molecule has 2 N–H and O–H groups in total. The first-order valence-corrected chi connectivity index (χ1v) is 8.15. The molecule has 0 spiro atoms. The molecule has 0 fully saturated rings. The molecule has 0 radical (unpaired) electrons. The zero-order valence-electron chi connectivity index (χ0n) is 13.8. The molecule has 3 rings (SSSR count). The van der Waals surface area contributed by atoms with E-state index in [0.717, 1.165) is 17.1 Å². The van der Waals surface area contributed by atoms with E-state index in [1.165, 1.54) is 5.56 Å². The smallest absolute Gasteiger partial charge is 0.231 e. The predicted molar refractivity (Wildman–Crippen MR) is 91.1 cm³/mol. The summed E-state index contributed by atoms with van der Waals surface area (Å²) in [6.45, 7) is 3.54. The van der Waals surface area contributed by atoms with E-state index in [4.69, 9.17) is 14.2 Å². The molecule has 2 aromatic carbocycles. The number of aliphatic hydroxyl groups is 1. The summed E-state index contributed by atoms with van der Waals surface area (Å²) in [5.41, 5.74) is 2.20. The van der Waals surface area contributed by atoms with Crippen LogP contribution in [0.25, 0.3) is 0 Å². The highest BCUT2D eigenvalue weighted by atomic mass is 16.7. The topological polar surface area (TPSA) is 60.0 Å². The molecule has 0 amide bonds. The van der Waals surface area contributed by atoms with Gasteiger partial charge in [0, 0.05) is 12.6 Å². The Morgan fingerprint density at radius 3 is 2.75 bits per heavy atom. The van der Waals surface area contributed by atoms with E-state index in [2.05, 4.69) is 24.4 Å². The van der Waals surface area contributed by atoms with Crippen molar-refractivity contribution in [2.75, 3.05) is 19.9 Å². The lowest BCUT2D eigenvalue weighted by Gasteiger charge is -2.17. The Morgan fingerprint density at radius 1 is 1.12 bits per heavy atom. The van der Waals surface area contributed by atoms with E-state index < -0.39 is 6.10 Å². The van der Waals surface area contributed by atoms with Crippen molar-refractivity contribution in [3.63, 3.8) is 0 Å². The van der Waals surface area contributed by atoms with Gasteiger partial charge in [-0.1, -0.05) is 36.4 Å². The van der Waals surface area contributed by atoms with E-state index in [1.54, 1.807) is 0 Å². The van der Waals surface area contributed by atoms with Crippen molar-refractivity contribution in [2.24, 2.45) is 0 Å². The average molecular weight is 329 g/mol. The van der Waals surface area contributed by atoms with Gasteiger partial charge in [0.25, 0.3) is 0 Å². The molecule has 5 nitrogen and oxygen atoms in total. The maximum absolute atomic E-state index is 10.0. The van der Waals surface area contributed by atoms with Crippen molar-refractivity contribution in [3.05, 3.63) is 59.7 Å². The third kappa shape index (κ3) is 4.47. The zero-order valence-corrected chi connectivity index (χ0v) is 13.8. The number of hydrogen-bond donors (Lipinski definition) is 2. The summed E-state index contributed by atoms with van der Waals surface area (Å²) < 4.78 is 16.2. The number of ether oxygens (including phenoxy) is 3. The molecule has 0 saturated heterocycles. The highest BCUT2D eigenvalue weighted by molar-refractivity contribution is 5.44. The van der Waals surface area contributed by atoms with E-state index in [9.17, 15) is 5.11 Å². The van der Waals surface area contributed by atoms with Crippen molar-refractivity contribution < 1.29 is 19.3 Å². The molecule has 0 aliphatic carbocycles. The third-order valence-electron chi connectivity index (χ3n) is 3.98. The van der Waals surface area contributed by atoms with E-state index in [0.29, 0.717) is 13.2 Å². The van der Waals surface area contributed by atoms with Crippen LogP contribution in [0.5, 0.6) is 11.5 Å². The van der Waals surface area contributed by atoms with Crippen molar-refractivity contribution >= 4 is 0 Å². The minimum Gasteiger partial charge on any atom is -0.454 e. The Balaban J connectivity index is 1.37. The summed E-state index contributed by atoms with van der Waals surface area (Å²) in [7, 11) is 0. The van der Waals surface area contributed by atoms with Gasteiger partial charge in [0.2, 0.25) is 6.79 Å². The molecule has 0 bridgehead atoms. The molecule has 1 heterocycles. The van der Waals surface area contributed by atoms with Crippen LogP contribution in [0.3, 0.4) is 0 Å². The Hall–Kier alpha value is -2.08. The van der Waals surface area contributed by atoms with Crippen molar-refractivity contribution in [2.45, 2.75) is 25.7 Å². The molecule has 0 aromatic heterocycles. The Morgan fingerprint density at radius 2 is 1.92 bits per heavy atom. The van der Waals surface area contributed by atoms with Gasteiger partial charge in [0.05, 0.1) is 19.3 Å². The average Bonchev–Trinajstić information content (AvgIpc) is 3.08. The largest absolute Gasteiger partial charge is 0.454 e. The van der Waals surface area contributed by atoms with Crippen molar-refractivity contribution in [1.29, 1.82) is 0 Å². The van der Waals surface area contributed by atoms with E-state index in [-0.39, 0.29) is 19.4 Å². The maximum Gasteiger partial charge on any atom is 0.231 e. The van der Waals surface area contributed by atoms with Crippen LogP contribution in [0.1, 0.15) is 24.1 Å². The molecule has 1 aliphatic rings. The summed E-state index contributed by atoms with van der Waals surface area (Å²) >= 11 is 0. The summed E-state index contributed by atoms with van der Waals surface area (Å²) in [5.74, 6) is 1.51. The number of benzene rings is 2. The molecule has 1 aliphatic heterocycles. The molecular weight excluding hydrogens is 306 g/mol. The summed E-state index contributed by atoms with van der Waals surface area (Å²) in [6, 6.07) is 16.1. The van der Waals surface area contributed by atoms with Gasteiger partial charge in [0.1, 0.15) is 0 Å². The molecule has 5 heteroatoms. The lowest BCUT2D eigenvalue weighted by atomic mass is 10.1. The summed E-state index contributed by atoms with van der Waals surface area (Å²) in [5, 5.41) is 13.4. The minimum atomic E-state index is -0.551. The Labute approximate surface area is 142 Å². The van der Waals surface area contributed by atoms with Gasteiger partial charge in [0.15, 0.2) is 11.5 Å². The van der Waals surface area contributed by atoms with Crippen LogP contribution in [0.15, 0.2) is 48.5 Å². The summed E-state index contributed by atoms with van der Waals surface area (Å²) in [6.07, 6.45) is -0.551. The van der Waals surface area contributed by atoms with Gasteiger partial charge in [-0.25, -0.2) is 0 Å². The number of nitrogens with one attached hydrogen (secondary N) is 1.